The highest BCUT2D eigenvalue weighted by molar-refractivity contribution is 5.83. The van der Waals surface area contributed by atoms with E-state index in [0.29, 0.717) is 44.7 Å². The fraction of sp³-hybridized carbons (Fsp3) is 0.391. The number of amides is 2. The van der Waals surface area contributed by atoms with Gasteiger partial charge in [0.25, 0.3) is 0 Å². The van der Waals surface area contributed by atoms with Gasteiger partial charge in [-0.2, -0.15) is 0 Å². The first-order valence-electron chi connectivity index (χ1n) is 10.2. The number of nitrogens with zero attached hydrogens (tertiary/aromatic N) is 3. The van der Waals surface area contributed by atoms with Crippen LogP contribution in [0, 0.1) is 5.82 Å². The van der Waals surface area contributed by atoms with Gasteiger partial charge in [0.1, 0.15) is 5.82 Å². The van der Waals surface area contributed by atoms with Crippen molar-refractivity contribution in [3.05, 3.63) is 71.5 Å². The van der Waals surface area contributed by atoms with Crippen LogP contribution >= 0.6 is 0 Å². The van der Waals surface area contributed by atoms with Crippen LogP contribution in [0.2, 0.25) is 0 Å². The molecule has 29 heavy (non-hydrogen) atoms. The lowest BCUT2D eigenvalue weighted by molar-refractivity contribution is -0.142. The molecule has 0 radical (unpaired) electrons. The van der Waals surface area contributed by atoms with Crippen LogP contribution < -0.4 is 0 Å². The van der Waals surface area contributed by atoms with Crippen LogP contribution in [-0.4, -0.2) is 65.3 Å². The summed E-state index contributed by atoms with van der Waals surface area (Å²) < 4.78 is 13.9. The number of fused-ring (bicyclic) bond motifs is 1. The Labute approximate surface area is 170 Å². The molecule has 5 nitrogen and oxygen atoms in total. The van der Waals surface area contributed by atoms with Gasteiger partial charge >= 0.3 is 0 Å². The summed E-state index contributed by atoms with van der Waals surface area (Å²) in [5, 5.41) is 0. The molecule has 0 spiro atoms. The maximum absolute atomic E-state index is 13.9. The van der Waals surface area contributed by atoms with Crippen molar-refractivity contribution in [2.45, 2.75) is 25.4 Å². The van der Waals surface area contributed by atoms with Gasteiger partial charge in [-0.1, -0.05) is 48.5 Å². The Morgan fingerprint density at radius 1 is 0.931 bits per heavy atom. The molecule has 0 aliphatic carbocycles. The maximum Gasteiger partial charge on any atom is 0.240 e. The molecule has 2 heterocycles. The topological polar surface area (TPSA) is 43.9 Å². The molecule has 2 aliphatic heterocycles. The van der Waals surface area contributed by atoms with E-state index < -0.39 is 0 Å². The summed E-state index contributed by atoms with van der Waals surface area (Å²) in [5.74, 6) is -0.285. The predicted octanol–water partition coefficient (Wildman–Crippen LogP) is 2.31. The molecule has 1 atom stereocenters. The van der Waals surface area contributed by atoms with Crippen LogP contribution in [-0.2, 0) is 22.6 Å². The zero-order valence-corrected chi connectivity index (χ0v) is 16.5. The third-order valence-corrected chi connectivity index (χ3v) is 5.89. The van der Waals surface area contributed by atoms with Crippen LogP contribution in [0.3, 0.4) is 0 Å². The Bertz CT molecular complexity index is 873. The summed E-state index contributed by atoms with van der Waals surface area (Å²) in [6.45, 7) is 3.93. The van der Waals surface area contributed by atoms with Crippen molar-refractivity contribution in [2.75, 3.05) is 32.7 Å². The summed E-state index contributed by atoms with van der Waals surface area (Å²) in [6.07, 6.45) is 0.679. The number of carbonyl (C=O) groups excluding carboxylic acids is 2. The number of hydrogen-bond acceptors (Lipinski definition) is 3. The maximum atomic E-state index is 13.9. The number of hydrogen-bond donors (Lipinski definition) is 0. The quantitative estimate of drug-likeness (QED) is 0.798. The smallest absolute Gasteiger partial charge is 0.240 e. The molecule has 0 aromatic heterocycles. The molecule has 2 aromatic rings. The molecule has 152 valence electrons. The number of piperazine rings is 1. The second-order valence-electron chi connectivity index (χ2n) is 7.73. The van der Waals surface area contributed by atoms with Crippen molar-refractivity contribution in [1.82, 2.24) is 14.7 Å². The average Bonchev–Trinajstić information content (AvgIpc) is 2.96. The zero-order valence-electron chi connectivity index (χ0n) is 16.5. The molecule has 1 unspecified atom stereocenters. The van der Waals surface area contributed by atoms with Crippen molar-refractivity contribution in [1.29, 1.82) is 0 Å². The Kier molecular flexibility index (Phi) is 5.90. The van der Waals surface area contributed by atoms with E-state index in [1.165, 1.54) is 6.07 Å². The first kappa shape index (κ1) is 19.6. The molecule has 0 saturated carbocycles. The second-order valence-corrected chi connectivity index (χ2v) is 7.73. The van der Waals surface area contributed by atoms with Gasteiger partial charge in [-0.05, 0) is 23.6 Å². The number of benzene rings is 2. The molecule has 2 fully saturated rings. The Morgan fingerprint density at radius 3 is 2.45 bits per heavy atom. The molecule has 6 heteroatoms. The summed E-state index contributed by atoms with van der Waals surface area (Å²) in [7, 11) is 0. The number of halogens is 1. The Balaban J connectivity index is 1.38. The molecule has 2 amide bonds. The largest absolute Gasteiger partial charge is 0.341 e. The lowest BCUT2D eigenvalue weighted by atomic mass is 10.1. The van der Waals surface area contributed by atoms with E-state index >= 15 is 0 Å². The van der Waals surface area contributed by atoms with Crippen LogP contribution in [0.15, 0.2) is 54.6 Å². The predicted molar refractivity (Wildman–Crippen MR) is 109 cm³/mol. The number of rotatable bonds is 4. The van der Waals surface area contributed by atoms with Crippen molar-refractivity contribution in [3.63, 3.8) is 0 Å². The summed E-state index contributed by atoms with van der Waals surface area (Å²) >= 11 is 0. The average molecular weight is 395 g/mol. The SMILES string of the molecule is O=C(Cc1ccccc1F)N1CCC2C(=O)N(Cc3ccccc3)CCN2CC1. The van der Waals surface area contributed by atoms with Gasteiger partial charge in [0.2, 0.25) is 11.8 Å². The van der Waals surface area contributed by atoms with E-state index in [4.69, 9.17) is 0 Å². The molecular formula is C23H26FN3O2. The minimum atomic E-state index is -0.347. The van der Waals surface area contributed by atoms with Gasteiger partial charge < -0.3 is 9.80 Å². The van der Waals surface area contributed by atoms with E-state index in [2.05, 4.69) is 4.90 Å². The molecule has 0 bridgehead atoms. The van der Waals surface area contributed by atoms with Crippen LogP contribution in [0.5, 0.6) is 0 Å². The first-order chi connectivity index (χ1) is 14.1. The van der Waals surface area contributed by atoms with Crippen molar-refractivity contribution in [2.24, 2.45) is 0 Å². The van der Waals surface area contributed by atoms with Crippen molar-refractivity contribution >= 4 is 11.8 Å². The first-order valence-corrected chi connectivity index (χ1v) is 10.2. The standard InChI is InChI=1S/C23H26FN3O2/c24-20-9-5-4-8-19(20)16-22(28)26-11-10-21-23(29)27(15-13-25(21)12-14-26)17-18-6-2-1-3-7-18/h1-9,21H,10-17H2. The molecule has 2 saturated heterocycles. The highest BCUT2D eigenvalue weighted by atomic mass is 19.1. The normalized spacial score (nSPS) is 20.3. The fourth-order valence-electron chi connectivity index (χ4n) is 4.22. The minimum Gasteiger partial charge on any atom is -0.341 e. The van der Waals surface area contributed by atoms with E-state index in [-0.39, 0.29) is 30.1 Å². The zero-order chi connectivity index (χ0) is 20.2. The summed E-state index contributed by atoms with van der Waals surface area (Å²) in [4.78, 5) is 31.7. The third-order valence-electron chi connectivity index (χ3n) is 5.89. The highest BCUT2D eigenvalue weighted by Gasteiger charge is 2.37. The summed E-state index contributed by atoms with van der Waals surface area (Å²) in [5.41, 5.74) is 1.55. The van der Waals surface area contributed by atoms with E-state index in [1.54, 1.807) is 23.1 Å². The molecule has 4 rings (SSSR count). The fourth-order valence-corrected chi connectivity index (χ4v) is 4.22. The van der Waals surface area contributed by atoms with E-state index in [9.17, 15) is 14.0 Å². The lowest BCUT2D eigenvalue weighted by Crippen LogP contribution is -2.56. The molecular weight excluding hydrogens is 369 g/mol. The number of carbonyl (C=O) groups is 2. The van der Waals surface area contributed by atoms with Crippen LogP contribution in [0.1, 0.15) is 17.5 Å². The van der Waals surface area contributed by atoms with Crippen molar-refractivity contribution < 1.29 is 14.0 Å². The lowest BCUT2D eigenvalue weighted by Gasteiger charge is -2.39. The van der Waals surface area contributed by atoms with Crippen LogP contribution in [0.25, 0.3) is 0 Å². The monoisotopic (exact) mass is 395 g/mol. The van der Waals surface area contributed by atoms with Gasteiger partial charge in [0, 0.05) is 39.3 Å². The highest BCUT2D eigenvalue weighted by Crippen LogP contribution is 2.20. The summed E-state index contributed by atoms with van der Waals surface area (Å²) in [6, 6.07) is 16.2. The van der Waals surface area contributed by atoms with E-state index in [0.717, 1.165) is 12.1 Å². The van der Waals surface area contributed by atoms with Gasteiger partial charge in [0.15, 0.2) is 0 Å². The Morgan fingerprint density at radius 2 is 1.66 bits per heavy atom. The van der Waals surface area contributed by atoms with Gasteiger partial charge in [-0.15, -0.1) is 0 Å². The third kappa shape index (κ3) is 4.48. The molecule has 2 aliphatic rings. The molecule has 2 aromatic carbocycles. The minimum absolute atomic E-state index is 0.0609. The van der Waals surface area contributed by atoms with Gasteiger partial charge in [-0.3, -0.25) is 14.5 Å². The van der Waals surface area contributed by atoms with Crippen LogP contribution in [0.4, 0.5) is 4.39 Å². The second kappa shape index (κ2) is 8.74. The van der Waals surface area contributed by atoms with Gasteiger partial charge in [-0.25, -0.2) is 4.39 Å². The van der Waals surface area contributed by atoms with Crippen molar-refractivity contribution in [3.8, 4) is 0 Å². The molecule has 0 N–H and O–H groups in total. The Hall–Kier alpha value is -2.73. The van der Waals surface area contributed by atoms with E-state index in [1.807, 2.05) is 35.2 Å². The van der Waals surface area contributed by atoms with Gasteiger partial charge in [0.05, 0.1) is 12.5 Å².